The van der Waals surface area contributed by atoms with Gasteiger partial charge in [0, 0.05) is 16.8 Å². The zero-order valence-electron chi connectivity index (χ0n) is 16.9. The average molecular weight is 447 g/mol. The van der Waals surface area contributed by atoms with Gasteiger partial charge in [0.2, 0.25) is 0 Å². The van der Waals surface area contributed by atoms with Crippen molar-refractivity contribution >= 4 is 23.5 Å². The molecule has 0 unspecified atom stereocenters. The molecule has 8 heteroatoms. The van der Waals surface area contributed by atoms with Gasteiger partial charge < -0.3 is 5.32 Å². The van der Waals surface area contributed by atoms with Gasteiger partial charge >= 0.3 is 0 Å². The molecule has 0 radical (unpaired) electrons. The van der Waals surface area contributed by atoms with Crippen LogP contribution in [0.3, 0.4) is 0 Å². The van der Waals surface area contributed by atoms with Gasteiger partial charge in [0.15, 0.2) is 16.8 Å². The van der Waals surface area contributed by atoms with Crippen LogP contribution in [0.4, 0.5) is 4.39 Å². The highest BCUT2D eigenvalue weighted by atomic mass is 32.2. The molecular weight excluding hydrogens is 427 g/mol. The van der Waals surface area contributed by atoms with E-state index in [2.05, 4.69) is 15.5 Å². The van der Waals surface area contributed by atoms with Gasteiger partial charge in [-0.3, -0.25) is 14.2 Å². The van der Waals surface area contributed by atoms with Gasteiger partial charge in [-0.2, -0.15) is 0 Å². The van der Waals surface area contributed by atoms with E-state index in [1.54, 1.807) is 53.1 Å². The number of nitrogens with zero attached hydrogens (tertiary/aromatic N) is 3. The molecule has 0 spiro atoms. The Morgan fingerprint density at radius 2 is 1.47 bits per heavy atom. The number of ketones is 1. The Labute approximate surface area is 188 Å². The number of thioether (sulfide) groups is 1. The topological polar surface area (TPSA) is 76.9 Å². The fraction of sp³-hybridized carbons (Fsp3) is 0.0833. The van der Waals surface area contributed by atoms with Crippen LogP contribution in [-0.2, 0) is 6.54 Å². The largest absolute Gasteiger partial charge is 0.345 e. The van der Waals surface area contributed by atoms with Gasteiger partial charge in [0.05, 0.1) is 12.3 Å². The minimum atomic E-state index is -0.366. The third-order valence-corrected chi connectivity index (χ3v) is 5.59. The molecule has 1 N–H and O–H groups in total. The first-order valence-electron chi connectivity index (χ1n) is 9.86. The Morgan fingerprint density at radius 1 is 0.844 bits per heavy atom. The molecule has 0 aliphatic carbocycles. The van der Waals surface area contributed by atoms with Crippen LogP contribution < -0.4 is 5.32 Å². The molecule has 0 saturated heterocycles. The number of carbonyl (C=O) groups excluding carboxylic acids is 2. The summed E-state index contributed by atoms with van der Waals surface area (Å²) in [5.74, 6) is -0.0136. The van der Waals surface area contributed by atoms with Gasteiger partial charge in [-0.05, 0) is 36.4 Å². The molecule has 0 atom stereocenters. The second kappa shape index (κ2) is 10.0. The maximum absolute atomic E-state index is 13.5. The lowest BCUT2D eigenvalue weighted by molar-refractivity contribution is 0.0948. The van der Waals surface area contributed by atoms with Crippen LogP contribution in [0.15, 0.2) is 90.1 Å². The second-order valence-corrected chi connectivity index (χ2v) is 7.78. The van der Waals surface area contributed by atoms with E-state index in [0.29, 0.717) is 27.8 Å². The highest BCUT2D eigenvalue weighted by molar-refractivity contribution is 7.99. The standard InChI is InChI=1S/C24H19FN4O2S/c25-19-11-13-20(14-12-19)29-22(15-26-23(31)18-9-5-2-6-10-18)27-28-24(29)32-16-21(30)17-7-3-1-4-8-17/h1-14H,15-16H2,(H,26,31). The van der Waals surface area contributed by atoms with E-state index in [1.807, 2.05) is 24.3 Å². The van der Waals surface area contributed by atoms with Crippen LogP contribution in [0.25, 0.3) is 5.69 Å². The fourth-order valence-electron chi connectivity index (χ4n) is 3.05. The highest BCUT2D eigenvalue weighted by Gasteiger charge is 2.17. The summed E-state index contributed by atoms with van der Waals surface area (Å²) in [6.45, 7) is 0.116. The van der Waals surface area contributed by atoms with E-state index in [0.717, 1.165) is 0 Å². The summed E-state index contributed by atoms with van der Waals surface area (Å²) in [7, 11) is 0. The summed E-state index contributed by atoms with van der Waals surface area (Å²) >= 11 is 1.23. The number of benzene rings is 3. The third-order valence-electron chi connectivity index (χ3n) is 4.66. The molecule has 32 heavy (non-hydrogen) atoms. The molecule has 0 fully saturated rings. The molecule has 0 bridgehead atoms. The molecule has 0 aliphatic heterocycles. The Bertz CT molecular complexity index is 1140. The quantitative estimate of drug-likeness (QED) is 0.322. The number of amides is 1. The van der Waals surface area contributed by atoms with Crippen LogP contribution in [-0.4, -0.2) is 32.2 Å². The maximum Gasteiger partial charge on any atom is 0.251 e. The number of hydrogen-bond acceptors (Lipinski definition) is 5. The third kappa shape index (κ3) is 5.09. The van der Waals surface area contributed by atoms with Gasteiger partial charge in [-0.25, -0.2) is 4.39 Å². The summed E-state index contributed by atoms with van der Waals surface area (Å²) in [6, 6.07) is 23.7. The lowest BCUT2D eigenvalue weighted by Gasteiger charge is -2.11. The first-order valence-corrected chi connectivity index (χ1v) is 10.8. The lowest BCUT2D eigenvalue weighted by atomic mass is 10.2. The molecule has 0 saturated carbocycles. The molecule has 0 aliphatic rings. The Hall–Kier alpha value is -3.78. The predicted octanol–water partition coefficient (Wildman–Crippen LogP) is 4.31. The van der Waals surface area contributed by atoms with Crippen molar-refractivity contribution in [2.24, 2.45) is 0 Å². The van der Waals surface area contributed by atoms with E-state index in [1.165, 1.54) is 23.9 Å². The zero-order chi connectivity index (χ0) is 22.3. The first kappa shape index (κ1) is 21.5. The number of aromatic nitrogens is 3. The number of rotatable bonds is 8. The molecule has 1 aromatic heterocycles. The Morgan fingerprint density at radius 3 is 2.12 bits per heavy atom. The molecule has 6 nitrogen and oxygen atoms in total. The van der Waals surface area contributed by atoms with Crippen molar-refractivity contribution in [1.29, 1.82) is 0 Å². The highest BCUT2D eigenvalue weighted by Crippen LogP contribution is 2.23. The molecule has 160 valence electrons. The molecule has 4 aromatic rings. The van der Waals surface area contributed by atoms with E-state index >= 15 is 0 Å². The van der Waals surface area contributed by atoms with Crippen molar-refractivity contribution in [2.45, 2.75) is 11.7 Å². The normalized spacial score (nSPS) is 10.7. The van der Waals surface area contributed by atoms with Crippen LogP contribution in [0.5, 0.6) is 0 Å². The molecule has 1 heterocycles. The van der Waals surface area contributed by atoms with Crippen LogP contribution in [0, 0.1) is 5.82 Å². The number of halogens is 1. The monoisotopic (exact) mass is 446 g/mol. The van der Waals surface area contributed by atoms with Crippen molar-refractivity contribution < 1.29 is 14.0 Å². The number of hydrogen-bond donors (Lipinski definition) is 1. The van der Waals surface area contributed by atoms with Crippen molar-refractivity contribution in [1.82, 2.24) is 20.1 Å². The van der Waals surface area contributed by atoms with E-state index < -0.39 is 0 Å². The van der Waals surface area contributed by atoms with Crippen molar-refractivity contribution in [3.8, 4) is 5.69 Å². The summed E-state index contributed by atoms with van der Waals surface area (Å²) < 4.78 is 15.2. The summed E-state index contributed by atoms with van der Waals surface area (Å²) in [5, 5.41) is 11.7. The SMILES string of the molecule is O=C(CSc1nnc(CNC(=O)c2ccccc2)n1-c1ccc(F)cc1)c1ccccc1. The summed E-state index contributed by atoms with van der Waals surface area (Å²) in [4.78, 5) is 24.9. The van der Waals surface area contributed by atoms with Gasteiger partial charge in [-0.1, -0.05) is 60.3 Å². The molecule has 3 aromatic carbocycles. The molecule has 4 rings (SSSR count). The summed E-state index contributed by atoms with van der Waals surface area (Å²) in [5.41, 5.74) is 1.78. The smallest absolute Gasteiger partial charge is 0.251 e. The van der Waals surface area contributed by atoms with Crippen LogP contribution in [0.1, 0.15) is 26.5 Å². The number of nitrogens with one attached hydrogen (secondary N) is 1. The van der Waals surface area contributed by atoms with Gasteiger partial charge in [0.1, 0.15) is 5.82 Å². The predicted molar refractivity (Wildman–Crippen MR) is 120 cm³/mol. The molecule has 1 amide bonds. The number of Topliss-reactive ketones (excluding diaryl/α,β-unsaturated/α-hetero) is 1. The molecular formula is C24H19FN4O2S. The van der Waals surface area contributed by atoms with Crippen LogP contribution in [0.2, 0.25) is 0 Å². The van der Waals surface area contributed by atoms with E-state index in [4.69, 9.17) is 0 Å². The van der Waals surface area contributed by atoms with E-state index in [-0.39, 0.29) is 29.8 Å². The van der Waals surface area contributed by atoms with E-state index in [9.17, 15) is 14.0 Å². The lowest BCUT2D eigenvalue weighted by Crippen LogP contribution is -2.24. The Kier molecular flexibility index (Phi) is 6.72. The van der Waals surface area contributed by atoms with Crippen molar-refractivity contribution in [2.75, 3.05) is 5.75 Å². The fourth-order valence-corrected chi connectivity index (χ4v) is 3.91. The second-order valence-electron chi connectivity index (χ2n) is 6.84. The summed E-state index contributed by atoms with van der Waals surface area (Å²) in [6.07, 6.45) is 0. The number of carbonyl (C=O) groups is 2. The maximum atomic E-state index is 13.5. The zero-order valence-corrected chi connectivity index (χ0v) is 17.8. The van der Waals surface area contributed by atoms with Gasteiger partial charge in [-0.15, -0.1) is 10.2 Å². The minimum Gasteiger partial charge on any atom is -0.345 e. The average Bonchev–Trinajstić information content (AvgIpc) is 3.25. The van der Waals surface area contributed by atoms with Crippen LogP contribution >= 0.6 is 11.8 Å². The first-order chi connectivity index (χ1) is 15.6. The Balaban J connectivity index is 1.55. The van der Waals surface area contributed by atoms with Gasteiger partial charge in [0.25, 0.3) is 5.91 Å². The van der Waals surface area contributed by atoms with Crippen molar-refractivity contribution in [3.05, 3.63) is 108 Å². The van der Waals surface area contributed by atoms with Crippen molar-refractivity contribution in [3.63, 3.8) is 0 Å². The minimum absolute atomic E-state index is 0.0387.